The maximum Gasteiger partial charge on any atom is 0.224 e. The summed E-state index contributed by atoms with van der Waals surface area (Å²) in [4.78, 5) is 32.5. The molecule has 0 fully saturated rings. The summed E-state index contributed by atoms with van der Waals surface area (Å²) in [6.07, 6.45) is 9.06. The summed E-state index contributed by atoms with van der Waals surface area (Å²) in [7, 11) is 1.82. The zero-order valence-corrected chi connectivity index (χ0v) is 17.2. The third kappa shape index (κ3) is 4.72. The van der Waals surface area contributed by atoms with Gasteiger partial charge in [0.2, 0.25) is 11.3 Å². The zero-order chi connectivity index (χ0) is 21.8. The molecule has 9 heteroatoms. The molecule has 9 nitrogen and oxygen atoms in total. The number of nitrogens with one attached hydrogen (secondary N) is 1. The van der Waals surface area contributed by atoms with Gasteiger partial charge in [-0.1, -0.05) is 25.1 Å². The maximum absolute atomic E-state index is 12.4. The summed E-state index contributed by atoms with van der Waals surface area (Å²) >= 11 is 0. The Kier molecular flexibility index (Phi) is 5.65. The minimum absolute atomic E-state index is 0.0920. The van der Waals surface area contributed by atoms with Crippen molar-refractivity contribution in [2.24, 2.45) is 7.05 Å². The number of aryl methyl sites for hydroxylation is 1. The van der Waals surface area contributed by atoms with E-state index in [-0.39, 0.29) is 11.3 Å². The van der Waals surface area contributed by atoms with Crippen LogP contribution in [0.5, 0.6) is 0 Å². The predicted octanol–water partition coefficient (Wildman–Crippen LogP) is 2.36. The zero-order valence-electron chi connectivity index (χ0n) is 17.2. The topological polar surface area (TPSA) is 108 Å². The van der Waals surface area contributed by atoms with Crippen LogP contribution in [-0.4, -0.2) is 35.4 Å². The van der Waals surface area contributed by atoms with Crippen molar-refractivity contribution >= 4 is 11.6 Å². The minimum Gasteiger partial charge on any atom is -0.323 e. The minimum atomic E-state index is -0.127. The first kappa shape index (κ1) is 20.1. The third-order valence-corrected chi connectivity index (χ3v) is 4.65. The Labute approximate surface area is 178 Å². The number of amides is 1. The number of carbonyl (C=O) groups is 1. The van der Waals surface area contributed by atoms with Crippen LogP contribution in [-0.2, 0) is 18.3 Å². The molecule has 0 saturated heterocycles. The van der Waals surface area contributed by atoms with Crippen molar-refractivity contribution in [3.63, 3.8) is 0 Å². The van der Waals surface area contributed by atoms with Crippen LogP contribution in [0.3, 0.4) is 0 Å². The second-order valence-electron chi connectivity index (χ2n) is 7.02. The molecule has 0 aliphatic carbocycles. The number of hydrogen-bond donors (Lipinski definition) is 1. The van der Waals surface area contributed by atoms with Gasteiger partial charge in [0.25, 0.3) is 0 Å². The number of rotatable bonds is 6. The fraction of sp³-hybridized carbons (Fsp3) is 0.182. The largest absolute Gasteiger partial charge is 0.323 e. The van der Waals surface area contributed by atoms with Crippen molar-refractivity contribution in [2.75, 3.05) is 5.32 Å². The van der Waals surface area contributed by atoms with Gasteiger partial charge in [0.1, 0.15) is 11.4 Å². The van der Waals surface area contributed by atoms with Gasteiger partial charge < -0.3 is 5.32 Å². The van der Waals surface area contributed by atoms with Crippen LogP contribution in [0, 0.1) is 0 Å². The van der Waals surface area contributed by atoms with Crippen LogP contribution < -0.4 is 10.7 Å². The molecule has 0 atom stereocenters. The lowest BCUT2D eigenvalue weighted by Gasteiger charge is -2.07. The standard InChI is InChI=1S/C22H21N7O2/c1-3-21(31)26-17-11-23-22(24-12-17)16-6-4-5-15(9-16)10-19-20(30)7-8-29(27-19)18-13-25-28(2)14-18/h4-9,11-14H,3,10H2,1-2H3,(H,26,31). The molecule has 156 valence electrons. The number of anilines is 1. The van der Waals surface area contributed by atoms with Gasteiger partial charge in [-0.25, -0.2) is 14.6 Å². The molecular formula is C22H21N7O2. The molecule has 1 N–H and O–H groups in total. The monoisotopic (exact) mass is 415 g/mol. The molecule has 1 amide bonds. The van der Waals surface area contributed by atoms with Gasteiger partial charge in [0.15, 0.2) is 5.82 Å². The highest BCUT2D eigenvalue weighted by atomic mass is 16.1. The van der Waals surface area contributed by atoms with Gasteiger partial charge in [-0.3, -0.25) is 14.3 Å². The van der Waals surface area contributed by atoms with E-state index in [0.29, 0.717) is 30.0 Å². The number of aromatic nitrogens is 6. The van der Waals surface area contributed by atoms with Gasteiger partial charge in [-0.2, -0.15) is 10.2 Å². The quantitative estimate of drug-likeness (QED) is 0.518. The Balaban J connectivity index is 1.57. The molecule has 0 saturated carbocycles. The third-order valence-electron chi connectivity index (χ3n) is 4.65. The fourth-order valence-corrected chi connectivity index (χ4v) is 3.04. The Morgan fingerprint density at radius 3 is 2.65 bits per heavy atom. The molecule has 0 aliphatic heterocycles. The van der Waals surface area contributed by atoms with E-state index in [1.165, 1.54) is 6.07 Å². The lowest BCUT2D eigenvalue weighted by Crippen LogP contribution is -2.16. The molecule has 0 aliphatic rings. The van der Waals surface area contributed by atoms with Crippen molar-refractivity contribution in [3.05, 3.63) is 82.8 Å². The fourth-order valence-electron chi connectivity index (χ4n) is 3.04. The molecule has 0 spiro atoms. The molecule has 0 unspecified atom stereocenters. The predicted molar refractivity (Wildman–Crippen MR) is 116 cm³/mol. The number of benzene rings is 1. The van der Waals surface area contributed by atoms with E-state index in [1.807, 2.05) is 37.5 Å². The van der Waals surface area contributed by atoms with Crippen molar-refractivity contribution in [1.29, 1.82) is 0 Å². The Morgan fingerprint density at radius 1 is 1.13 bits per heavy atom. The smallest absolute Gasteiger partial charge is 0.224 e. The van der Waals surface area contributed by atoms with E-state index in [0.717, 1.165) is 16.8 Å². The van der Waals surface area contributed by atoms with Crippen molar-refractivity contribution in [1.82, 2.24) is 29.5 Å². The Bertz CT molecular complexity index is 1280. The maximum atomic E-state index is 12.4. The van der Waals surface area contributed by atoms with Crippen molar-refractivity contribution < 1.29 is 4.79 Å². The van der Waals surface area contributed by atoms with Gasteiger partial charge in [0.05, 0.1) is 30.5 Å². The summed E-state index contributed by atoms with van der Waals surface area (Å²) < 4.78 is 3.32. The highest BCUT2D eigenvalue weighted by Crippen LogP contribution is 2.18. The first-order valence-corrected chi connectivity index (χ1v) is 9.81. The molecule has 3 aromatic heterocycles. The summed E-state index contributed by atoms with van der Waals surface area (Å²) in [6, 6.07) is 9.16. The van der Waals surface area contributed by atoms with Crippen molar-refractivity contribution in [2.45, 2.75) is 19.8 Å². The van der Waals surface area contributed by atoms with Gasteiger partial charge >= 0.3 is 0 Å². The van der Waals surface area contributed by atoms with Gasteiger partial charge in [-0.05, 0) is 11.6 Å². The summed E-state index contributed by atoms with van der Waals surface area (Å²) in [5.74, 6) is 0.441. The normalized spacial score (nSPS) is 10.8. The first-order valence-electron chi connectivity index (χ1n) is 9.81. The molecule has 4 rings (SSSR count). The molecule has 0 bridgehead atoms. The molecule has 1 aromatic carbocycles. The van der Waals surface area contributed by atoms with Crippen LogP contribution >= 0.6 is 0 Å². The van der Waals surface area contributed by atoms with Crippen LogP contribution in [0.4, 0.5) is 5.69 Å². The summed E-state index contributed by atoms with van der Waals surface area (Å²) in [5, 5.41) is 11.3. The van der Waals surface area contributed by atoms with E-state index in [2.05, 4.69) is 25.5 Å². The average molecular weight is 415 g/mol. The lowest BCUT2D eigenvalue weighted by molar-refractivity contribution is -0.115. The first-order chi connectivity index (χ1) is 15.0. The van der Waals surface area contributed by atoms with E-state index in [1.54, 1.807) is 41.1 Å². The Hall–Kier alpha value is -4.14. The number of nitrogens with zero attached hydrogens (tertiary/aromatic N) is 6. The number of hydrogen-bond acceptors (Lipinski definition) is 6. The molecular weight excluding hydrogens is 394 g/mol. The molecule has 3 heterocycles. The lowest BCUT2D eigenvalue weighted by atomic mass is 10.1. The van der Waals surface area contributed by atoms with Crippen LogP contribution in [0.2, 0.25) is 0 Å². The van der Waals surface area contributed by atoms with E-state index < -0.39 is 0 Å². The van der Waals surface area contributed by atoms with E-state index in [9.17, 15) is 9.59 Å². The van der Waals surface area contributed by atoms with E-state index >= 15 is 0 Å². The van der Waals surface area contributed by atoms with Gasteiger partial charge in [0, 0.05) is 37.7 Å². The molecule has 31 heavy (non-hydrogen) atoms. The summed E-state index contributed by atoms with van der Waals surface area (Å²) in [6.45, 7) is 1.78. The van der Waals surface area contributed by atoms with Crippen LogP contribution in [0.15, 0.2) is 66.1 Å². The number of carbonyl (C=O) groups excluding carboxylic acids is 1. The van der Waals surface area contributed by atoms with E-state index in [4.69, 9.17) is 0 Å². The average Bonchev–Trinajstić information content (AvgIpc) is 3.22. The second kappa shape index (κ2) is 8.70. The Morgan fingerprint density at radius 2 is 1.94 bits per heavy atom. The molecule has 0 radical (unpaired) electrons. The van der Waals surface area contributed by atoms with Crippen LogP contribution in [0.1, 0.15) is 24.6 Å². The van der Waals surface area contributed by atoms with Crippen molar-refractivity contribution in [3.8, 4) is 17.1 Å². The summed E-state index contributed by atoms with van der Waals surface area (Å²) in [5.41, 5.74) is 3.37. The SMILES string of the molecule is CCC(=O)Nc1cnc(-c2cccc(Cc3nn(-c4cnn(C)c4)ccc3=O)c2)nc1. The van der Waals surface area contributed by atoms with Crippen LogP contribution in [0.25, 0.3) is 17.1 Å². The van der Waals surface area contributed by atoms with Gasteiger partial charge in [-0.15, -0.1) is 0 Å². The highest BCUT2D eigenvalue weighted by Gasteiger charge is 2.09. The molecule has 4 aromatic rings. The highest BCUT2D eigenvalue weighted by molar-refractivity contribution is 5.90. The second-order valence-corrected chi connectivity index (χ2v) is 7.02.